The van der Waals surface area contributed by atoms with Gasteiger partial charge in [-0.15, -0.1) is 0 Å². The Morgan fingerprint density at radius 1 is 1.36 bits per heavy atom. The van der Waals surface area contributed by atoms with Gasteiger partial charge in [-0.2, -0.15) is 0 Å². The molecule has 0 aromatic rings. The van der Waals surface area contributed by atoms with Crippen molar-refractivity contribution in [3.8, 4) is 0 Å². The topological polar surface area (TPSA) is 105 Å². The molecule has 1 aliphatic rings. The average molecular weight is 314 g/mol. The van der Waals surface area contributed by atoms with Crippen LogP contribution < -0.4 is 10.6 Å². The summed E-state index contributed by atoms with van der Waals surface area (Å²) in [5.41, 5.74) is 0. The monoisotopic (exact) mass is 314 g/mol. The van der Waals surface area contributed by atoms with E-state index in [9.17, 15) is 19.5 Å². The van der Waals surface area contributed by atoms with Crippen LogP contribution in [0.5, 0.6) is 0 Å². The number of nitrogens with one attached hydrogen (secondary N) is 2. The van der Waals surface area contributed by atoms with E-state index in [1.54, 1.807) is 6.92 Å². The van der Waals surface area contributed by atoms with Crippen molar-refractivity contribution >= 4 is 17.8 Å². The quantitative estimate of drug-likeness (QED) is 0.592. The fraction of sp³-hybridized carbons (Fsp3) is 0.800. The van der Waals surface area contributed by atoms with Crippen LogP contribution in [-0.2, 0) is 19.1 Å². The summed E-state index contributed by atoms with van der Waals surface area (Å²) >= 11 is 0. The van der Waals surface area contributed by atoms with Crippen LogP contribution in [0.2, 0.25) is 0 Å². The van der Waals surface area contributed by atoms with Crippen LogP contribution in [-0.4, -0.2) is 47.7 Å². The highest BCUT2D eigenvalue weighted by atomic mass is 16.5. The van der Waals surface area contributed by atoms with Crippen molar-refractivity contribution in [2.75, 3.05) is 6.61 Å². The second-order valence-corrected chi connectivity index (χ2v) is 6.11. The number of carboxylic acids is 1. The second kappa shape index (κ2) is 8.12. The molecule has 22 heavy (non-hydrogen) atoms. The lowest BCUT2D eigenvalue weighted by Crippen LogP contribution is -2.53. The minimum absolute atomic E-state index is 0.174. The maximum Gasteiger partial charge on any atom is 0.320 e. The number of carbonyl (C=O) groups is 3. The molecule has 4 atom stereocenters. The maximum absolute atomic E-state index is 12.1. The molecule has 7 heteroatoms. The number of rotatable bonds is 7. The zero-order valence-electron chi connectivity index (χ0n) is 13.6. The van der Waals surface area contributed by atoms with Gasteiger partial charge in [0, 0.05) is 19.0 Å². The van der Waals surface area contributed by atoms with Crippen LogP contribution in [0.25, 0.3) is 0 Å². The van der Waals surface area contributed by atoms with E-state index in [4.69, 9.17) is 4.74 Å². The van der Waals surface area contributed by atoms with E-state index in [0.29, 0.717) is 12.3 Å². The van der Waals surface area contributed by atoms with Crippen molar-refractivity contribution in [2.24, 2.45) is 11.8 Å². The highest BCUT2D eigenvalue weighted by Gasteiger charge is 2.45. The molecule has 0 saturated carbocycles. The van der Waals surface area contributed by atoms with Gasteiger partial charge in [0.2, 0.25) is 5.91 Å². The lowest BCUT2D eigenvalue weighted by Gasteiger charge is -2.29. The van der Waals surface area contributed by atoms with Gasteiger partial charge in [0.05, 0.1) is 12.5 Å². The Labute approximate surface area is 130 Å². The van der Waals surface area contributed by atoms with Gasteiger partial charge < -0.3 is 15.2 Å². The van der Waals surface area contributed by atoms with Crippen LogP contribution >= 0.6 is 0 Å². The molecule has 126 valence electrons. The largest absolute Gasteiger partial charge is 0.480 e. The van der Waals surface area contributed by atoms with Gasteiger partial charge in [0.25, 0.3) is 0 Å². The third-order valence-electron chi connectivity index (χ3n) is 3.75. The predicted molar refractivity (Wildman–Crippen MR) is 80.1 cm³/mol. The van der Waals surface area contributed by atoms with E-state index in [1.165, 1.54) is 6.92 Å². The molecule has 1 heterocycles. The summed E-state index contributed by atoms with van der Waals surface area (Å²) in [7, 11) is 0. The summed E-state index contributed by atoms with van der Waals surface area (Å²) in [6.07, 6.45) is 0.826. The average Bonchev–Trinajstić information content (AvgIpc) is 2.82. The molecule has 1 rings (SSSR count). The smallest absolute Gasteiger partial charge is 0.320 e. The highest BCUT2D eigenvalue weighted by Crippen LogP contribution is 2.27. The molecular formula is C15H26N2O5. The van der Waals surface area contributed by atoms with E-state index in [2.05, 4.69) is 10.6 Å². The predicted octanol–water partition coefficient (Wildman–Crippen LogP) is 0.532. The Morgan fingerprint density at radius 3 is 2.45 bits per heavy atom. The molecule has 0 aromatic carbocycles. The molecule has 0 unspecified atom stereocenters. The first kappa shape index (κ1) is 18.4. The van der Waals surface area contributed by atoms with Crippen molar-refractivity contribution in [1.82, 2.24) is 10.6 Å². The molecule has 0 radical (unpaired) electrons. The van der Waals surface area contributed by atoms with Gasteiger partial charge in [-0.05, 0) is 25.7 Å². The normalized spacial score (nSPS) is 25.8. The van der Waals surface area contributed by atoms with Gasteiger partial charge in [-0.1, -0.05) is 13.8 Å². The molecular weight excluding hydrogens is 288 g/mol. The second-order valence-electron chi connectivity index (χ2n) is 6.11. The maximum atomic E-state index is 12.1. The number of ether oxygens (including phenoxy) is 1. The standard InChI is InChI=1S/C15H26N2O5/c1-5-22-15(21)10-7-12(14(19)20)17-13(10)11(6-8(2)3)16-9(4)18/h8,10-13,17H,5-7H2,1-4H3,(H,16,18)(H,19,20)/t10-,11+,12-,13-/m1/s1. The van der Waals surface area contributed by atoms with Gasteiger partial charge >= 0.3 is 11.9 Å². The Hall–Kier alpha value is -1.63. The number of aliphatic carboxylic acids is 1. The summed E-state index contributed by atoms with van der Waals surface area (Å²) in [6, 6.07) is -1.55. The van der Waals surface area contributed by atoms with Crippen LogP contribution in [0.4, 0.5) is 0 Å². The lowest BCUT2D eigenvalue weighted by molar-refractivity contribution is -0.148. The third kappa shape index (κ3) is 4.98. The number of amides is 1. The first-order valence-corrected chi connectivity index (χ1v) is 7.68. The summed E-state index contributed by atoms with van der Waals surface area (Å²) in [4.78, 5) is 34.8. The molecule has 0 aliphatic carbocycles. The third-order valence-corrected chi connectivity index (χ3v) is 3.75. The first-order chi connectivity index (χ1) is 10.3. The van der Waals surface area contributed by atoms with E-state index < -0.39 is 29.9 Å². The van der Waals surface area contributed by atoms with Crippen molar-refractivity contribution in [3.63, 3.8) is 0 Å². The molecule has 3 N–H and O–H groups in total. The van der Waals surface area contributed by atoms with Crippen molar-refractivity contribution in [2.45, 2.75) is 58.7 Å². The Balaban J connectivity index is 2.97. The van der Waals surface area contributed by atoms with Crippen LogP contribution in [0.3, 0.4) is 0 Å². The SMILES string of the molecule is CCOC(=O)[C@@H]1C[C@H](C(=O)O)N[C@H]1[C@H](CC(C)C)NC(C)=O. The number of hydrogen-bond acceptors (Lipinski definition) is 5. The summed E-state index contributed by atoms with van der Waals surface area (Å²) in [6.45, 7) is 7.39. The van der Waals surface area contributed by atoms with Crippen LogP contribution in [0.1, 0.15) is 40.5 Å². The fourth-order valence-electron chi connectivity index (χ4n) is 2.94. The molecule has 0 spiro atoms. The lowest BCUT2D eigenvalue weighted by atomic mass is 9.89. The van der Waals surface area contributed by atoms with Gasteiger partial charge in [-0.25, -0.2) is 0 Å². The zero-order valence-corrected chi connectivity index (χ0v) is 13.6. The van der Waals surface area contributed by atoms with Crippen LogP contribution in [0.15, 0.2) is 0 Å². The molecule has 1 fully saturated rings. The number of hydrogen-bond donors (Lipinski definition) is 3. The number of carbonyl (C=O) groups excluding carboxylic acids is 2. The molecule has 1 saturated heterocycles. The van der Waals surface area contributed by atoms with Gasteiger partial charge in [-0.3, -0.25) is 19.7 Å². The van der Waals surface area contributed by atoms with E-state index in [-0.39, 0.29) is 25.0 Å². The Kier molecular flexibility index (Phi) is 6.80. The minimum atomic E-state index is -0.997. The molecule has 0 bridgehead atoms. The highest BCUT2D eigenvalue weighted by molar-refractivity contribution is 5.80. The molecule has 1 aliphatic heterocycles. The zero-order chi connectivity index (χ0) is 16.9. The Morgan fingerprint density at radius 2 is 2.00 bits per heavy atom. The van der Waals surface area contributed by atoms with E-state index in [0.717, 1.165) is 0 Å². The summed E-state index contributed by atoms with van der Waals surface area (Å²) in [5, 5.41) is 15.0. The Bertz CT molecular complexity index is 424. The van der Waals surface area contributed by atoms with Crippen molar-refractivity contribution in [3.05, 3.63) is 0 Å². The molecule has 1 amide bonds. The summed E-state index contributed by atoms with van der Waals surface area (Å²) < 4.78 is 5.06. The van der Waals surface area contributed by atoms with Gasteiger partial charge in [0.15, 0.2) is 0 Å². The van der Waals surface area contributed by atoms with E-state index >= 15 is 0 Å². The first-order valence-electron chi connectivity index (χ1n) is 7.68. The number of esters is 1. The summed E-state index contributed by atoms with van der Waals surface area (Å²) in [5.74, 6) is -1.89. The minimum Gasteiger partial charge on any atom is -0.480 e. The van der Waals surface area contributed by atoms with Crippen molar-refractivity contribution in [1.29, 1.82) is 0 Å². The number of carboxylic acid groups (broad SMARTS) is 1. The van der Waals surface area contributed by atoms with Crippen LogP contribution in [0, 0.1) is 11.8 Å². The van der Waals surface area contributed by atoms with Crippen molar-refractivity contribution < 1.29 is 24.2 Å². The van der Waals surface area contributed by atoms with E-state index in [1.807, 2.05) is 13.8 Å². The van der Waals surface area contributed by atoms with Gasteiger partial charge in [0.1, 0.15) is 6.04 Å². The fourth-order valence-corrected chi connectivity index (χ4v) is 2.94. The molecule has 0 aromatic heterocycles. The molecule has 7 nitrogen and oxygen atoms in total.